The third kappa shape index (κ3) is 14300. The summed E-state index contributed by atoms with van der Waals surface area (Å²) in [5.74, 6) is -2.17. The molecule has 5 nitrogen and oxygen atoms in total. The Labute approximate surface area is 77.0 Å². The Morgan fingerprint density at radius 3 is 1.23 bits per heavy atom. The fourth-order valence-electron chi connectivity index (χ4n) is 0.0680. The van der Waals surface area contributed by atoms with Crippen LogP contribution in [-0.2, 0) is 14.3 Å². The van der Waals surface area contributed by atoms with Gasteiger partial charge in [-0.25, -0.2) is 0 Å². The standard InChI is InChI=1S/C4H6O.2C2H4O2/c1-3-5-4-2;2*1-2(3)4/h3-4H,1-2H2;2*1H3,(H,3,4)/p-2. The van der Waals surface area contributed by atoms with Crippen LogP contribution in [0.1, 0.15) is 13.8 Å². The van der Waals surface area contributed by atoms with Crippen LogP contribution in [0.5, 0.6) is 0 Å². The summed E-state index contributed by atoms with van der Waals surface area (Å²) in [5, 5.41) is 17.8. The normalized spacial score (nSPS) is 6.00. The number of hydrogen-bond donors (Lipinski definition) is 0. The fourth-order valence-corrected chi connectivity index (χ4v) is 0.0680. The first kappa shape index (κ1) is 17.3. The van der Waals surface area contributed by atoms with Gasteiger partial charge in [0, 0.05) is 11.9 Å². The molecule has 0 aromatic carbocycles. The van der Waals surface area contributed by atoms with Crippen LogP contribution in [0.15, 0.2) is 25.7 Å². The lowest BCUT2D eigenvalue weighted by atomic mass is 10.9. The second-order valence-electron chi connectivity index (χ2n) is 1.45. The van der Waals surface area contributed by atoms with Crippen molar-refractivity contribution in [1.82, 2.24) is 0 Å². The fraction of sp³-hybridized carbons (Fsp3) is 0.250. The largest absolute Gasteiger partial charge is 0.550 e. The molecule has 0 bridgehead atoms. The maximum atomic E-state index is 8.89. The molecule has 0 spiro atoms. The zero-order chi connectivity index (χ0) is 11.3. The van der Waals surface area contributed by atoms with Gasteiger partial charge < -0.3 is 24.5 Å². The van der Waals surface area contributed by atoms with Gasteiger partial charge in [0.2, 0.25) is 0 Å². The van der Waals surface area contributed by atoms with E-state index in [4.69, 9.17) is 19.8 Å². The molecule has 0 aliphatic heterocycles. The SMILES string of the molecule is C=COC=C.CC(=O)[O-].CC(=O)[O-]. The number of rotatable bonds is 2. The van der Waals surface area contributed by atoms with Crippen molar-refractivity contribution >= 4 is 11.9 Å². The van der Waals surface area contributed by atoms with E-state index in [2.05, 4.69) is 17.9 Å². The number of carbonyl (C=O) groups excluding carboxylic acids is 2. The second kappa shape index (κ2) is 16.7. The van der Waals surface area contributed by atoms with Crippen molar-refractivity contribution in [3.8, 4) is 0 Å². The highest BCUT2D eigenvalue weighted by atomic mass is 16.5. The van der Waals surface area contributed by atoms with Gasteiger partial charge in [-0.15, -0.1) is 0 Å². The van der Waals surface area contributed by atoms with Gasteiger partial charge in [-0.2, -0.15) is 0 Å². The van der Waals surface area contributed by atoms with E-state index in [1.165, 1.54) is 12.5 Å². The van der Waals surface area contributed by atoms with E-state index in [9.17, 15) is 0 Å². The molecule has 0 radical (unpaired) electrons. The predicted octanol–water partition coefficient (Wildman–Crippen LogP) is -1.20. The third-order valence-corrected chi connectivity index (χ3v) is 0.192. The number of aliphatic carboxylic acids is 2. The van der Waals surface area contributed by atoms with Crippen molar-refractivity contribution in [1.29, 1.82) is 0 Å². The van der Waals surface area contributed by atoms with Crippen LogP contribution in [0, 0.1) is 0 Å². The Hall–Kier alpha value is -1.78. The molecule has 0 aliphatic carbocycles. The van der Waals surface area contributed by atoms with E-state index in [0.717, 1.165) is 13.8 Å². The van der Waals surface area contributed by atoms with Crippen LogP contribution >= 0.6 is 0 Å². The van der Waals surface area contributed by atoms with Crippen molar-refractivity contribution in [2.75, 3.05) is 0 Å². The van der Waals surface area contributed by atoms with Crippen LogP contribution in [-0.4, -0.2) is 11.9 Å². The third-order valence-electron chi connectivity index (χ3n) is 0.192. The highest BCUT2D eigenvalue weighted by molar-refractivity contribution is 5.60. The maximum Gasteiger partial charge on any atom is 0.0829 e. The average Bonchev–Trinajstić information content (AvgIpc) is 1.86. The smallest absolute Gasteiger partial charge is 0.0829 e. The topological polar surface area (TPSA) is 89.5 Å². The van der Waals surface area contributed by atoms with E-state index < -0.39 is 11.9 Å². The molecule has 0 atom stereocenters. The van der Waals surface area contributed by atoms with Gasteiger partial charge >= 0.3 is 0 Å². The van der Waals surface area contributed by atoms with Gasteiger partial charge in [-0.3, -0.25) is 0 Å². The zero-order valence-electron chi connectivity index (χ0n) is 7.61. The van der Waals surface area contributed by atoms with E-state index in [1.807, 2.05) is 0 Å². The summed E-state index contributed by atoms with van der Waals surface area (Å²) in [6, 6.07) is 0. The summed E-state index contributed by atoms with van der Waals surface area (Å²) >= 11 is 0. The van der Waals surface area contributed by atoms with Crippen molar-refractivity contribution < 1.29 is 24.5 Å². The monoisotopic (exact) mass is 188 g/mol. The quantitative estimate of drug-likeness (QED) is 0.508. The Kier molecular flexibility index (Phi) is 22.2. The first-order chi connectivity index (χ1) is 5.88. The molecule has 0 aromatic rings. The van der Waals surface area contributed by atoms with Crippen LogP contribution in [0.2, 0.25) is 0 Å². The zero-order valence-corrected chi connectivity index (χ0v) is 7.61. The van der Waals surface area contributed by atoms with Gasteiger partial charge in [0.05, 0.1) is 12.5 Å². The summed E-state index contributed by atoms with van der Waals surface area (Å²) in [5.41, 5.74) is 0. The molecule has 0 saturated heterocycles. The van der Waals surface area contributed by atoms with Crippen LogP contribution < -0.4 is 10.2 Å². The van der Waals surface area contributed by atoms with Gasteiger partial charge in [-0.05, 0) is 13.8 Å². The van der Waals surface area contributed by atoms with Gasteiger partial charge in [0.15, 0.2) is 0 Å². The molecule has 0 aromatic heterocycles. The van der Waals surface area contributed by atoms with Crippen LogP contribution in [0.3, 0.4) is 0 Å². The minimum Gasteiger partial charge on any atom is -0.550 e. The lowest BCUT2D eigenvalue weighted by molar-refractivity contribution is -0.303. The van der Waals surface area contributed by atoms with Crippen molar-refractivity contribution in [3.05, 3.63) is 25.7 Å². The van der Waals surface area contributed by atoms with Crippen molar-refractivity contribution in [2.45, 2.75) is 13.8 Å². The number of carboxylic acid groups (broad SMARTS) is 2. The molecule has 0 heterocycles. The molecule has 0 saturated carbocycles. The summed E-state index contributed by atoms with van der Waals surface area (Å²) < 4.78 is 4.36. The lowest BCUT2D eigenvalue weighted by Gasteiger charge is -1.77. The Bertz CT molecular complexity index is 136. The second-order valence-corrected chi connectivity index (χ2v) is 1.45. The lowest BCUT2D eigenvalue weighted by Crippen LogP contribution is -2.16. The summed E-state index contributed by atoms with van der Waals surface area (Å²) in [4.78, 5) is 17.8. The summed E-state index contributed by atoms with van der Waals surface area (Å²) in [6.45, 7) is 8.46. The first-order valence-electron chi connectivity index (χ1n) is 3.10. The van der Waals surface area contributed by atoms with Gasteiger partial charge in [0.25, 0.3) is 0 Å². The molecule has 5 heteroatoms. The Morgan fingerprint density at radius 2 is 1.23 bits per heavy atom. The van der Waals surface area contributed by atoms with Crippen LogP contribution in [0.25, 0.3) is 0 Å². The van der Waals surface area contributed by atoms with Crippen molar-refractivity contribution in [2.24, 2.45) is 0 Å². The molecular weight excluding hydrogens is 176 g/mol. The molecular formula is C8H12O5-2. The predicted molar refractivity (Wildman–Crippen MR) is 42.8 cm³/mol. The number of carboxylic acids is 2. The van der Waals surface area contributed by atoms with Gasteiger partial charge in [-0.1, -0.05) is 13.2 Å². The number of carbonyl (C=O) groups is 2. The average molecular weight is 188 g/mol. The first-order valence-corrected chi connectivity index (χ1v) is 3.10. The maximum absolute atomic E-state index is 8.89. The molecule has 0 amide bonds. The molecule has 0 unspecified atom stereocenters. The molecule has 0 fully saturated rings. The molecule has 76 valence electrons. The minimum absolute atomic E-state index is 0.972. The molecule has 13 heavy (non-hydrogen) atoms. The van der Waals surface area contributed by atoms with Crippen LogP contribution in [0.4, 0.5) is 0 Å². The highest BCUT2D eigenvalue weighted by Crippen LogP contribution is 1.65. The highest BCUT2D eigenvalue weighted by Gasteiger charge is 1.47. The number of hydrogen-bond acceptors (Lipinski definition) is 5. The summed E-state index contributed by atoms with van der Waals surface area (Å²) in [7, 11) is 0. The van der Waals surface area contributed by atoms with E-state index in [-0.39, 0.29) is 0 Å². The Morgan fingerprint density at radius 1 is 1.08 bits per heavy atom. The minimum atomic E-state index is -1.08. The van der Waals surface area contributed by atoms with E-state index >= 15 is 0 Å². The van der Waals surface area contributed by atoms with E-state index in [0.29, 0.717) is 0 Å². The van der Waals surface area contributed by atoms with Crippen molar-refractivity contribution in [3.63, 3.8) is 0 Å². The van der Waals surface area contributed by atoms with E-state index in [1.54, 1.807) is 0 Å². The van der Waals surface area contributed by atoms with Gasteiger partial charge in [0.1, 0.15) is 0 Å². The Balaban J connectivity index is -0.000000117. The summed E-state index contributed by atoms with van der Waals surface area (Å²) in [6.07, 6.45) is 2.62. The molecule has 0 N–H and O–H groups in total. The molecule has 0 aliphatic rings. The molecule has 0 rings (SSSR count). The number of ether oxygens (including phenoxy) is 1.